The molecule has 1 aromatic carbocycles. The molecule has 2 fully saturated rings. The topological polar surface area (TPSA) is 81.4 Å². The Kier molecular flexibility index (Phi) is 4.52. The molecule has 1 aliphatic heterocycles. The zero-order valence-electron chi connectivity index (χ0n) is 15.6. The summed E-state index contributed by atoms with van der Waals surface area (Å²) in [4.78, 5) is 23.6. The number of carbonyl (C=O) groups excluding carboxylic acids is 1. The van der Waals surface area contributed by atoms with Crippen molar-refractivity contribution in [2.24, 2.45) is 0 Å². The van der Waals surface area contributed by atoms with E-state index in [-0.39, 0.29) is 12.0 Å². The van der Waals surface area contributed by atoms with Crippen LogP contribution in [-0.2, 0) is 11.3 Å². The van der Waals surface area contributed by atoms with Crippen molar-refractivity contribution in [2.45, 2.75) is 44.3 Å². The second-order valence-corrected chi connectivity index (χ2v) is 7.50. The minimum atomic E-state index is -0.0128. The van der Waals surface area contributed by atoms with Crippen LogP contribution in [0.5, 0.6) is 0 Å². The highest BCUT2D eigenvalue weighted by Crippen LogP contribution is 2.38. The van der Waals surface area contributed by atoms with Crippen molar-refractivity contribution in [1.82, 2.24) is 20.0 Å². The summed E-state index contributed by atoms with van der Waals surface area (Å²) in [6.45, 7) is 1.65. The van der Waals surface area contributed by atoms with Crippen LogP contribution in [0.15, 0.2) is 41.1 Å². The molecule has 0 bridgehead atoms. The lowest BCUT2D eigenvalue weighted by atomic mass is 10.1. The van der Waals surface area contributed by atoms with E-state index >= 15 is 0 Å². The Labute approximate surface area is 162 Å². The van der Waals surface area contributed by atoms with Crippen molar-refractivity contribution >= 4 is 16.7 Å². The number of fused-ring (bicyclic) bond motifs is 1. The van der Waals surface area contributed by atoms with Crippen LogP contribution in [0.2, 0.25) is 0 Å². The predicted octanol–water partition coefficient (Wildman–Crippen LogP) is 3.32. The maximum Gasteiger partial charge on any atom is 0.273 e. The van der Waals surface area contributed by atoms with Gasteiger partial charge in [0, 0.05) is 30.6 Å². The summed E-state index contributed by atoms with van der Waals surface area (Å²) in [7, 11) is 0. The van der Waals surface area contributed by atoms with Crippen LogP contribution in [0.1, 0.15) is 53.8 Å². The molecule has 5 rings (SSSR count). The fourth-order valence-electron chi connectivity index (χ4n) is 3.69. The summed E-state index contributed by atoms with van der Waals surface area (Å²) in [6.07, 6.45) is 5.68. The van der Waals surface area contributed by atoms with Crippen molar-refractivity contribution < 1.29 is 14.1 Å². The summed E-state index contributed by atoms with van der Waals surface area (Å²) < 4.78 is 11.2. The summed E-state index contributed by atoms with van der Waals surface area (Å²) in [5.41, 5.74) is 0.524. The third-order valence-electron chi connectivity index (χ3n) is 5.47. The molecule has 0 N–H and O–H groups in total. The Morgan fingerprint density at radius 1 is 1.14 bits per heavy atom. The predicted molar refractivity (Wildman–Crippen MR) is 102 cm³/mol. The van der Waals surface area contributed by atoms with Gasteiger partial charge in [0.05, 0.1) is 6.10 Å². The molecule has 0 unspecified atom stereocenters. The molecule has 0 atom stereocenters. The summed E-state index contributed by atoms with van der Waals surface area (Å²) in [5, 5.41) is 5.94. The first-order valence-corrected chi connectivity index (χ1v) is 9.85. The van der Waals surface area contributed by atoms with Gasteiger partial charge >= 0.3 is 0 Å². The fourth-order valence-corrected chi connectivity index (χ4v) is 3.69. The molecule has 1 saturated carbocycles. The van der Waals surface area contributed by atoms with E-state index < -0.39 is 0 Å². The number of pyridine rings is 1. The van der Waals surface area contributed by atoms with Gasteiger partial charge in [0.15, 0.2) is 5.82 Å². The first kappa shape index (κ1) is 17.3. The molecule has 1 saturated heterocycles. The molecule has 0 spiro atoms. The van der Waals surface area contributed by atoms with Gasteiger partial charge in [-0.3, -0.25) is 9.78 Å². The Balaban J connectivity index is 1.17. The molecule has 2 aromatic heterocycles. The SMILES string of the molecule is O=C(c1nccc2ccccc12)N1CCC(OCc2nc(C3CC3)no2)CC1. The Hall–Kier alpha value is -2.80. The highest BCUT2D eigenvalue weighted by molar-refractivity contribution is 6.05. The van der Waals surface area contributed by atoms with Crippen molar-refractivity contribution in [1.29, 1.82) is 0 Å². The number of amides is 1. The molecule has 2 aliphatic rings. The van der Waals surface area contributed by atoms with Crippen LogP contribution in [0.4, 0.5) is 0 Å². The Morgan fingerprint density at radius 3 is 2.79 bits per heavy atom. The van der Waals surface area contributed by atoms with Crippen LogP contribution < -0.4 is 0 Å². The molecule has 3 heterocycles. The number of likely N-dealkylation sites (tertiary alicyclic amines) is 1. The van der Waals surface area contributed by atoms with E-state index in [2.05, 4.69) is 15.1 Å². The number of hydrogen-bond acceptors (Lipinski definition) is 6. The first-order valence-electron chi connectivity index (χ1n) is 9.85. The molecule has 1 amide bonds. The van der Waals surface area contributed by atoms with Crippen LogP contribution >= 0.6 is 0 Å². The van der Waals surface area contributed by atoms with Crippen LogP contribution in [0.25, 0.3) is 10.8 Å². The van der Waals surface area contributed by atoms with Gasteiger partial charge in [0.2, 0.25) is 0 Å². The second-order valence-electron chi connectivity index (χ2n) is 7.50. The Morgan fingerprint density at radius 2 is 1.96 bits per heavy atom. The second kappa shape index (κ2) is 7.31. The van der Waals surface area contributed by atoms with E-state index in [1.54, 1.807) is 6.20 Å². The molecule has 1 aliphatic carbocycles. The van der Waals surface area contributed by atoms with Crippen LogP contribution in [-0.4, -0.2) is 45.1 Å². The third-order valence-corrected chi connectivity index (χ3v) is 5.47. The monoisotopic (exact) mass is 378 g/mol. The summed E-state index contributed by atoms with van der Waals surface area (Å²) in [5.74, 6) is 1.82. The molecule has 3 aromatic rings. The Bertz CT molecular complexity index is 985. The molecular formula is C21H22N4O3. The molecule has 7 nitrogen and oxygen atoms in total. The maximum atomic E-state index is 13.0. The van der Waals surface area contributed by atoms with E-state index in [9.17, 15) is 4.79 Å². The average molecular weight is 378 g/mol. The van der Waals surface area contributed by atoms with Gasteiger partial charge in [0.25, 0.3) is 11.8 Å². The van der Waals surface area contributed by atoms with E-state index in [1.165, 1.54) is 0 Å². The maximum absolute atomic E-state index is 13.0. The van der Waals surface area contributed by atoms with Gasteiger partial charge in [-0.25, -0.2) is 0 Å². The van der Waals surface area contributed by atoms with E-state index in [1.807, 2.05) is 35.2 Å². The largest absolute Gasteiger partial charge is 0.368 e. The van der Waals surface area contributed by atoms with Gasteiger partial charge in [-0.2, -0.15) is 4.98 Å². The number of piperidine rings is 1. The van der Waals surface area contributed by atoms with Crippen molar-refractivity contribution in [2.75, 3.05) is 13.1 Å². The minimum Gasteiger partial charge on any atom is -0.368 e. The lowest BCUT2D eigenvalue weighted by Gasteiger charge is -2.31. The number of benzene rings is 1. The molecular weight excluding hydrogens is 356 g/mol. The molecule has 144 valence electrons. The standard InChI is InChI=1S/C21H22N4O3/c26-21(19-17-4-2-1-3-14(17)7-10-22-19)25-11-8-16(9-12-25)27-13-18-23-20(24-28-18)15-5-6-15/h1-4,7,10,15-16H,5-6,8-9,11-13H2. The van der Waals surface area contributed by atoms with Gasteiger partial charge in [-0.05, 0) is 37.1 Å². The molecule has 7 heteroatoms. The van der Waals surface area contributed by atoms with Crippen LogP contribution in [0, 0.1) is 0 Å². The number of nitrogens with zero attached hydrogens (tertiary/aromatic N) is 4. The third kappa shape index (κ3) is 3.49. The normalized spacial score (nSPS) is 17.9. The lowest BCUT2D eigenvalue weighted by Crippen LogP contribution is -2.41. The number of ether oxygens (including phenoxy) is 1. The summed E-state index contributed by atoms with van der Waals surface area (Å²) >= 11 is 0. The van der Waals surface area contributed by atoms with Gasteiger partial charge < -0.3 is 14.2 Å². The van der Waals surface area contributed by atoms with Gasteiger partial charge in [-0.1, -0.05) is 29.4 Å². The highest BCUT2D eigenvalue weighted by atomic mass is 16.5. The van der Waals surface area contributed by atoms with Gasteiger partial charge in [-0.15, -0.1) is 0 Å². The van der Waals surface area contributed by atoms with E-state index in [4.69, 9.17) is 9.26 Å². The number of hydrogen-bond donors (Lipinski definition) is 0. The molecule has 28 heavy (non-hydrogen) atoms. The van der Waals surface area contributed by atoms with Crippen LogP contribution in [0.3, 0.4) is 0 Å². The van der Waals surface area contributed by atoms with E-state index in [0.29, 0.717) is 37.2 Å². The zero-order valence-corrected chi connectivity index (χ0v) is 15.6. The number of rotatable bonds is 5. The van der Waals surface area contributed by atoms with E-state index in [0.717, 1.165) is 42.3 Å². The quantitative estimate of drug-likeness (QED) is 0.677. The lowest BCUT2D eigenvalue weighted by molar-refractivity contribution is -0.00984. The first-order chi connectivity index (χ1) is 13.8. The van der Waals surface area contributed by atoms with Crippen molar-refractivity contribution in [3.8, 4) is 0 Å². The zero-order chi connectivity index (χ0) is 18.9. The van der Waals surface area contributed by atoms with Crippen molar-refractivity contribution in [3.63, 3.8) is 0 Å². The number of carbonyl (C=O) groups is 1. The van der Waals surface area contributed by atoms with Crippen molar-refractivity contribution in [3.05, 3.63) is 53.9 Å². The highest BCUT2D eigenvalue weighted by Gasteiger charge is 2.29. The number of aromatic nitrogens is 3. The van der Waals surface area contributed by atoms with Gasteiger partial charge in [0.1, 0.15) is 12.3 Å². The minimum absolute atomic E-state index is 0.0128. The average Bonchev–Trinajstić information content (AvgIpc) is 3.50. The summed E-state index contributed by atoms with van der Waals surface area (Å²) in [6, 6.07) is 9.79. The smallest absolute Gasteiger partial charge is 0.273 e. The molecule has 0 radical (unpaired) electrons. The fraction of sp³-hybridized carbons (Fsp3) is 0.429.